The molecule has 0 saturated carbocycles. The summed E-state index contributed by atoms with van der Waals surface area (Å²) >= 11 is 0. The maximum Gasteiger partial charge on any atom is 0.154 e. The van der Waals surface area contributed by atoms with Crippen LogP contribution in [-0.2, 0) is 9.84 Å². The topological polar surface area (TPSA) is 69.4 Å². The average Bonchev–Trinajstić information content (AvgIpc) is 2.37. The van der Waals surface area contributed by atoms with E-state index in [0.717, 1.165) is 11.3 Å². The predicted molar refractivity (Wildman–Crippen MR) is 73.5 cm³/mol. The van der Waals surface area contributed by atoms with Crippen LogP contribution in [0.2, 0.25) is 0 Å². The molecular weight excluding hydrogens is 250 g/mol. The summed E-state index contributed by atoms with van der Waals surface area (Å²) in [7, 11) is -1.54. The van der Waals surface area contributed by atoms with E-state index in [2.05, 4.69) is 0 Å². The normalized spacial score (nSPS) is 15.1. The van der Waals surface area contributed by atoms with Crippen LogP contribution in [0.15, 0.2) is 24.3 Å². The molecule has 2 N–H and O–H groups in total. The van der Waals surface area contributed by atoms with E-state index < -0.39 is 21.1 Å². The Morgan fingerprint density at radius 3 is 2.28 bits per heavy atom. The number of sulfone groups is 1. The highest BCUT2D eigenvalue weighted by atomic mass is 32.2. The maximum absolute atomic E-state index is 12.0. The van der Waals surface area contributed by atoms with Crippen molar-refractivity contribution in [2.45, 2.75) is 31.6 Å². The first-order valence-electron chi connectivity index (χ1n) is 6.03. The van der Waals surface area contributed by atoms with Crippen LogP contribution in [0.1, 0.15) is 31.9 Å². The van der Waals surface area contributed by atoms with Gasteiger partial charge >= 0.3 is 0 Å². The van der Waals surface area contributed by atoms with Crippen LogP contribution in [0.4, 0.5) is 0 Å². The molecule has 4 nitrogen and oxygen atoms in total. The van der Waals surface area contributed by atoms with Gasteiger partial charge in [-0.1, -0.05) is 19.1 Å². The Morgan fingerprint density at radius 2 is 1.83 bits per heavy atom. The summed E-state index contributed by atoms with van der Waals surface area (Å²) in [6, 6.07) is 6.68. The Bertz CT molecular complexity index is 468. The summed E-state index contributed by atoms with van der Waals surface area (Å²) in [6.07, 6.45) is 0.613. The largest absolute Gasteiger partial charge is 0.497 e. The number of ether oxygens (including phenoxy) is 1. The van der Waals surface area contributed by atoms with Gasteiger partial charge in [0, 0.05) is 6.04 Å². The zero-order valence-electron chi connectivity index (χ0n) is 11.1. The van der Waals surface area contributed by atoms with E-state index in [1.165, 1.54) is 0 Å². The fourth-order valence-corrected chi connectivity index (χ4v) is 3.34. The van der Waals surface area contributed by atoms with Gasteiger partial charge in [-0.15, -0.1) is 0 Å². The van der Waals surface area contributed by atoms with Crippen LogP contribution in [-0.4, -0.2) is 26.5 Å². The van der Waals surface area contributed by atoms with Gasteiger partial charge in [-0.3, -0.25) is 0 Å². The number of methoxy groups -OCH3 is 1. The number of nitrogens with two attached hydrogens (primary N) is 1. The molecule has 0 heterocycles. The number of hydrogen-bond donors (Lipinski definition) is 1. The number of rotatable bonds is 6. The zero-order valence-corrected chi connectivity index (χ0v) is 11.9. The van der Waals surface area contributed by atoms with Gasteiger partial charge in [0.05, 0.1) is 18.1 Å². The molecule has 1 rings (SSSR count). The van der Waals surface area contributed by atoms with Gasteiger partial charge in [0.1, 0.15) is 5.75 Å². The van der Waals surface area contributed by atoms with Gasteiger partial charge in [-0.25, -0.2) is 8.42 Å². The first kappa shape index (κ1) is 15.0. The molecule has 5 heteroatoms. The third-order valence-electron chi connectivity index (χ3n) is 3.06. The van der Waals surface area contributed by atoms with Crippen molar-refractivity contribution < 1.29 is 13.2 Å². The molecule has 2 unspecified atom stereocenters. The smallest absolute Gasteiger partial charge is 0.154 e. The van der Waals surface area contributed by atoms with Crippen molar-refractivity contribution in [2.24, 2.45) is 5.73 Å². The van der Waals surface area contributed by atoms with Crippen LogP contribution >= 0.6 is 0 Å². The lowest BCUT2D eigenvalue weighted by Gasteiger charge is -2.20. The Labute approximate surface area is 109 Å². The Balaban J connectivity index is 2.89. The SMILES string of the molecule is CCCS(=O)(=O)C(C)C(N)c1ccc(OC)cc1. The van der Waals surface area contributed by atoms with Crippen LogP contribution in [0.25, 0.3) is 0 Å². The van der Waals surface area contributed by atoms with Crippen LogP contribution in [0.5, 0.6) is 5.75 Å². The second-order valence-electron chi connectivity index (χ2n) is 4.37. The minimum Gasteiger partial charge on any atom is -0.497 e. The Hall–Kier alpha value is -1.07. The van der Waals surface area contributed by atoms with Gasteiger partial charge in [-0.2, -0.15) is 0 Å². The fourth-order valence-electron chi connectivity index (χ4n) is 1.79. The van der Waals surface area contributed by atoms with Crippen molar-refractivity contribution in [1.29, 1.82) is 0 Å². The average molecular weight is 271 g/mol. The highest BCUT2D eigenvalue weighted by Crippen LogP contribution is 2.22. The molecule has 2 atom stereocenters. The number of hydrogen-bond acceptors (Lipinski definition) is 4. The van der Waals surface area contributed by atoms with E-state index in [-0.39, 0.29) is 5.75 Å². The van der Waals surface area contributed by atoms with Crippen molar-refractivity contribution in [3.8, 4) is 5.75 Å². The summed E-state index contributed by atoms with van der Waals surface area (Å²) in [4.78, 5) is 0. The monoisotopic (exact) mass is 271 g/mol. The molecule has 0 fully saturated rings. The van der Waals surface area contributed by atoms with Gasteiger partial charge in [0.15, 0.2) is 9.84 Å². The van der Waals surface area contributed by atoms with Gasteiger partial charge in [-0.05, 0) is 31.0 Å². The molecule has 0 aromatic heterocycles. The van der Waals surface area contributed by atoms with Gasteiger partial charge in [0.2, 0.25) is 0 Å². The van der Waals surface area contributed by atoms with Crippen molar-refractivity contribution >= 4 is 9.84 Å². The fraction of sp³-hybridized carbons (Fsp3) is 0.538. The Morgan fingerprint density at radius 1 is 1.28 bits per heavy atom. The molecule has 0 aliphatic rings. The van der Waals surface area contributed by atoms with E-state index in [9.17, 15) is 8.42 Å². The summed E-state index contributed by atoms with van der Waals surface area (Å²) in [5.41, 5.74) is 6.83. The lowest BCUT2D eigenvalue weighted by Crippen LogP contribution is -2.32. The lowest BCUT2D eigenvalue weighted by molar-refractivity contribution is 0.414. The highest BCUT2D eigenvalue weighted by Gasteiger charge is 2.27. The second kappa shape index (κ2) is 6.20. The van der Waals surface area contributed by atoms with E-state index in [1.54, 1.807) is 26.2 Å². The first-order valence-corrected chi connectivity index (χ1v) is 7.75. The Kier molecular flexibility index (Phi) is 5.16. The molecule has 0 aliphatic heterocycles. The zero-order chi connectivity index (χ0) is 13.8. The third kappa shape index (κ3) is 3.46. The standard InChI is InChI=1S/C13H21NO3S/c1-4-9-18(15,16)10(2)13(14)11-5-7-12(17-3)8-6-11/h5-8,10,13H,4,9,14H2,1-3H3. The quantitative estimate of drug-likeness (QED) is 0.858. The molecular formula is C13H21NO3S. The maximum atomic E-state index is 12.0. The summed E-state index contributed by atoms with van der Waals surface area (Å²) in [5.74, 6) is 0.910. The molecule has 0 aliphatic carbocycles. The van der Waals surface area contributed by atoms with Crippen LogP contribution in [0.3, 0.4) is 0 Å². The summed E-state index contributed by atoms with van der Waals surface area (Å²) in [5, 5.41) is -0.578. The lowest BCUT2D eigenvalue weighted by atomic mass is 10.1. The van der Waals surface area contributed by atoms with Crippen LogP contribution in [0, 0.1) is 0 Å². The van der Waals surface area contributed by atoms with E-state index in [0.29, 0.717) is 6.42 Å². The van der Waals surface area contributed by atoms with Gasteiger partial charge < -0.3 is 10.5 Å². The molecule has 1 aromatic rings. The van der Waals surface area contributed by atoms with E-state index in [4.69, 9.17) is 10.5 Å². The molecule has 0 spiro atoms. The molecule has 0 radical (unpaired) electrons. The summed E-state index contributed by atoms with van der Waals surface area (Å²) < 4.78 is 29.0. The third-order valence-corrected chi connectivity index (χ3v) is 5.46. The van der Waals surface area contributed by atoms with E-state index in [1.807, 2.05) is 19.1 Å². The molecule has 102 valence electrons. The summed E-state index contributed by atoms with van der Waals surface area (Å²) in [6.45, 7) is 3.52. The van der Waals surface area contributed by atoms with Crippen molar-refractivity contribution in [2.75, 3.05) is 12.9 Å². The first-order chi connectivity index (χ1) is 8.42. The number of benzene rings is 1. The predicted octanol–water partition coefficient (Wildman–Crippen LogP) is 1.91. The molecule has 0 bridgehead atoms. The van der Waals surface area contributed by atoms with Crippen molar-refractivity contribution in [1.82, 2.24) is 0 Å². The molecule has 0 amide bonds. The highest BCUT2D eigenvalue weighted by molar-refractivity contribution is 7.92. The van der Waals surface area contributed by atoms with Crippen molar-refractivity contribution in [3.63, 3.8) is 0 Å². The van der Waals surface area contributed by atoms with E-state index >= 15 is 0 Å². The molecule has 0 saturated heterocycles. The minimum atomic E-state index is -3.13. The minimum absolute atomic E-state index is 0.179. The van der Waals surface area contributed by atoms with Crippen molar-refractivity contribution in [3.05, 3.63) is 29.8 Å². The molecule has 18 heavy (non-hydrogen) atoms. The van der Waals surface area contributed by atoms with Crippen LogP contribution < -0.4 is 10.5 Å². The van der Waals surface area contributed by atoms with Gasteiger partial charge in [0.25, 0.3) is 0 Å². The molecule has 1 aromatic carbocycles. The second-order valence-corrected chi connectivity index (χ2v) is 6.85.